The molecule has 4 heterocycles. The summed E-state index contributed by atoms with van der Waals surface area (Å²) in [6.07, 6.45) is 17.9. The van der Waals surface area contributed by atoms with Crippen molar-refractivity contribution in [2.24, 2.45) is 5.92 Å². The fraction of sp³-hybridized carbons (Fsp3) is 0.521. The van der Waals surface area contributed by atoms with Crippen LogP contribution < -0.4 is 14.9 Å². The Hall–Kier alpha value is -3.97. The summed E-state index contributed by atoms with van der Waals surface area (Å²) in [6.45, 7) is 8.14. The minimum Gasteiger partial charge on any atom is -0.465 e. The molecule has 0 bridgehead atoms. The summed E-state index contributed by atoms with van der Waals surface area (Å²) < 4.78 is 25.7. The molecule has 1 aliphatic carbocycles. The van der Waals surface area contributed by atoms with Gasteiger partial charge in [0.15, 0.2) is 6.29 Å². The average molecular weight is 925 g/mol. The van der Waals surface area contributed by atoms with E-state index in [2.05, 4.69) is 34.3 Å². The zero-order chi connectivity index (χ0) is 45.8. The zero-order valence-corrected chi connectivity index (χ0v) is 40.3. The van der Waals surface area contributed by atoms with Crippen molar-refractivity contribution in [3.63, 3.8) is 0 Å². The number of ether oxygens (including phenoxy) is 1. The van der Waals surface area contributed by atoms with Crippen LogP contribution >= 0.6 is 30.5 Å². The quantitative estimate of drug-likeness (QED) is 0.0426. The number of nitrogens with zero attached hydrogens (tertiary/aromatic N) is 3. The van der Waals surface area contributed by atoms with Gasteiger partial charge in [0.25, 0.3) is 0 Å². The third-order valence-electron chi connectivity index (χ3n) is 11.8. The second kappa shape index (κ2) is 26.1. The number of aromatic nitrogens is 1. The maximum atomic E-state index is 13.7. The molecule has 1 saturated carbocycles. The molecule has 344 valence electrons. The van der Waals surface area contributed by atoms with E-state index >= 15 is 0 Å². The van der Waals surface area contributed by atoms with Gasteiger partial charge in [-0.15, -0.1) is 11.3 Å². The number of hydrogen-bond acceptors (Lipinski definition) is 11. The van der Waals surface area contributed by atoms with Gasteiger partial charge in [-0.1, -0.05) is 62.6 Å². The summed E-state index contributed by atoms with van der Waals surface area (Å²) in [6, 6.07) is 18.3. The second-order valence-corrected chi connectivity index (χ2v) is 20.3. The highest BCUT2D eigenvalue weighted by Crippen LogP contribution is 2.57. The number of para-hydroxylation sites is 1. The lowest BCUT2D eigenvalue weighted by Gasteiger charge is -2.24. The number of pyridine rings is 1. The van der Waals surface area contributed by atoms with E-state index in [-0.39, 0.29) is 11.7 Å². The third kappa shape index (κ3) is 15.6. The number of carbonyl (C=O) groups excluding carboxylic acids is 4. The van der Waals surface area contributed by atoms with Crippen LogP contribution in [0.1, 0.15) is 112 Å². The first kappa shape index (κ1) is 51.7. The van der Waals surface area contributed by atoms with Crippen molar-refractivity contribution in [3.05, 3.63) is 94.1 Å². The van der Waals surface area contributed by atoms with Crippen LogP contribution in [0.5, 0.6) is 5.75 Å². The molecule has 3 unspecified atom stereocenters. The molecule has 2 saturated heterocycles. The standard InChI is InChI=1S/C22H24NO5PS.C13H15ClN2O.C11H21NO.C2H7N/c1-3-11-27-22(25)16(2)23-29(26,28-19-7-5-4-6-8-19)15-17-9-10-21-18(12-17)13-20(14-24)30-21;1-9-12(10-4-11(14)6-15-5-10)7-16(8-17)13(9)2-3-13;1-12-9-6-8-11(12)7-4-2-3-5-10-13;1-3-2/h4-10,12-14,16H,3,11,15H2,1-2H3,(H,23,26);4-6,8-9,12H,2-3,7H2,1H3;10-11H,2-9H2,1H3;3H,1-2H3/t;9-,12?;11-;/m.10./s1. The smallest absolute Gasteiger partial charge is 0.323 e. The number of hydrogen-bond donors (Lipinski definition) is 2. The Labute approximate surface area is 383 Å². The number of fused-ring (bicyclic) bond motifs is 1. The van der Waals surface area contributed by atoms with Crippen LogP contribution in [0.25, 0.3) is 10.1 Å². The van der Waals surface area contributed by atoms with Crippen molar-refractivity contribution in [2.45, 2.75) is 115 Å². The molecule has 3 aliphatic rings. The van der Waals surface area contributed by atoms with Crippen molar-refractivity contribution in [2.75, 3.05) is 40.8 Å². The van der Waals surface area contributed by atoms with E-state index < -0.39 is 19.5 Å². The van der Waals surface area contributed by atoms with Crippen molar-refractivity contribution >= 4 is 65.5 Å². The number of benzene rings is 2. The maximum absolute atomic E-state index is 13.7. The molecular formula is C48H67ClN5O7PS. The molecule has 4 aromatic rings. The fourth-order valence-corrected chi connectivity index (χ4v) is 11.4. The van der Waals surface area contributed by atoms with Crippen molar-refractivity contribution < 1.29 is 33.0 Å². The molecule has 0 radical (unpaired) electrons. The molecule has 2 aromatic carbocycles. The first-order valence-electron chi connectivity index (χ1n) is 22.2. The van der Waals surface area contributed by atoms with Crippen molar-refractivity contribution in [1.82, 2.24) is 25.2 Å². The molecule has 63 heavy (non-hydrogen) atoms. The van der Waals surface area contributed by atoms with Gasteiger partial charge in [-0.05, 0) is 138 Å². The van der Waals surface area contributed by atoms with Gasteiger partial charge in [0.2, 0.25) is 6.41 Å². The molecule has 5 atom stereocenters. The second-order valence-electron chi connectivity index (χ2n) is 16.7. The van der Waals surface area contributed by atoms with E-state index in [9.17, 15) is 23.7 Å². The normalized spacial score (nSPS) is 19.9. The highest BCUT2D eigenvalue weighted by Gasteiger charge is 2.59. The summed E-state index contributed by atoms with van der Waals surface area (Å²) in [5, 5.41) is 7.19. The van der Waals surface area contributed by atoms with Crippen molar-refractivity contribution in [1.29, 1.82) is 0 Å². The van der Waals surface area contributed by atoms with Gasteiger partial charge in [-0.2, -0.15) is 0 Å². The Kier molecular flexibility index (Phi) is 21.4. The highest BCUT2D eigenvalue weighted by atomic mass is 35.5. The molecule has 12 nitrogen and oxygen atoms in total. The highest BCUT2D eigenvalue weighted by molar-refractivity contribution is 7.56. The number of rotatable bonds is 18. The van der Waals surface area contributed by atoms with E-state index in [0.717, 1.165) is 78.5 Å². The minimum absolute atomic E-state index is 0.0789. The molecule has 3 fully saturated rings. The number of esters is 1. The number of nitrogens with one attached hydrogen (secondary N) is 2. The minimum atomic E-state index is -3.50. The number of carbonyl (C=O) groups is 4. The van der Waals surface area contributed by atoms with Crippen molar-refractivity contribution in [3.8, 4) is 5.75 Å². The largest absolute Gasteiger partial charge is 0.465 e. The van der Waals surface area contributed by atoms with Gasteiger partial charge in [0.05, 0.1) is 22.7 Å². The van der Waals surface area contributed by atoms with Gasteiger partial charge < -0.3 is 29.2 Å². The lowest BCUT2D eigenvalue weighted by molar-refractivity contribution is -0.145. The van der Waals surface area contributed by atoms with Gasteiger partial charge in [-0.25, -0.2) is 5.09 Å². The summed E-state index contributed by atoms with van der Waals surface area (Å²) in [7, 11) is 2.47. The average Bonchev–Trinajstić information content (AvgIpc) is 3.68. The zero-order valence-electron chi connectivity index (χ0n) is 37.8. The number of halogens is 1. The van der Waals surface area contributed by atoms with Gasteiger partial charge >= 0.3 is 13.5 Å². The molecule has 1 amide bonds. The third-order valence-corrected chi connectivity index (χ3v) is 15.1. The first-order valence-corrected chi connectivity index (χ1v) is 25.2. The molecule has 1 spiro atoms. The molecular weight excluding hydrogens is 857 g/mol. The van der Waals surface area contributed by atoms with Crippen LogP contribution in [0.2, 0.25) is 5.02 Å². The van der Waals surface area contributed by atoms with Crippen LogP contribution in [0, 0.1) is 5.92 Å². The van der Waals surface area contributed by atoms with Gasteiger partial charge in [0, 0.05) is 47.6 Å². The molecule has 2 N–H and O–H groups in total. The van der Waals surface area contributed by atoms with Crippen LogP contribution in [0.15, 0.2) is 73.1 Å². The summed E-state index contributed by atoms with van der Waals surface area (Å²) in [5.41, 5.74) is 2.06. The van der Waals surface area contributed by atoms with Gasteiger partial charge in [-0.3, -0.25) is 23.9 Å². The van der Waals surface area contributed by atoms with Gasteiger partial charge in [0.1, 0.15) is 18.1 Å². The number of aldehydes is 2. The predicted octanol–water partition coefficient (Wildman–Crippen LogP) is 9.94. The van der Waals surface area contributed by atoms with E-state index in [1.54, 1.807) is 43.5 Å². The topological polar surface area (TPSA) is 147 Å². The number of thiophene rings is 1. The molecule has 7 rings (SSSR count). The number of likely N-dealkylation sites (tertiary alicyclic amines) is 2. The Bertz CT molecular complexity index is 2090. The SMILES string of the molecule is CCCOC(=O)C(C)NP(=O)(Cc1ccc2sc(C=O)cc2c1)Oc1ccccc1.CN1CCC[C@@H]1CCCCCC=O.CNC.C[C@@H]1C(c2cncc(Cl)c2)CN(C=O)C12CC2. The molecule has 15 heteroatoms. The fourth-order valence-electron chi connectivity index (χ4n) is 8.30. The predicted molar refractivity (Wildman–Crippen MR) is 255 cm³/mol. The number of amides is 1. The summed E-state index contributed by atoms with van der Waals surface area (Å²) in [4.78, 5) is 53.7. The Morgan fingerprint density at radius 1 is 1.06 bits per heavy atom. The maximum Gasteiger partial charge on any atom is 0.323 e. The van der Waals surface area contributed by atoms with Crippen LogP contribution in [0.3, 0.4) is 0 Å². The van der Waals surface area contributed by atoms with E-state index in [1.165, 1.54) is 50.0 Å². The Balaban J connectivity index is 0.000000221. The molecule has 2 aromatic heterocycles. The van der Waals surface area contributed by atoms with Crippen LogP contribution in [-0.4, -0.2) is 98.2 Å². The van der Waals surface area contributed by atoms with Crippen LogP contribution in [0.4, 0.5) is 0 Å². The molecule has 2 aliphatic heterocycles. The van der Waals surface area contributed by atoms with E-state index in [4.69, 9.17) is 20.9 Å². The van der Waals surface area contributed by atoms with Crippen LogP contribution in [-0.2, 0) is 29.8 Å². The lowest BCUT2D eigenvalue weighted by atomic mass is 9.86. The number of unbranched alkanes of at least 4 members (excludes halogenated alkanes) is 3. The lowest BCUT2D eigenvalue weighted by Crippen LogP contribution is -2.35. The first-order chi connectivity index (χ1) is 30.3. The van der Waals surface area contributed by atoms with E-state index in [0.29, 0.717) is 40.5 Å². The Morgan fingerprint density at radius 3 is 2.41 bits per heavy atom. The summed E-state index contributed by atoms with van der Waals surface area (Å²) in [5.74, 6) is 0.835. The Morgan fingerprint density at radius 2 is 1.81 bits per heavy atom. The summed E-state index contributed by atoms with van der Waals surface area (Å²) >= 11 is 7.39. The monoisotopic (exact) mass is 923 g/mol. The van der Waals surface area contributed by atoms with E-state index in [1.807, 2.05) is 62.4 Å².